The highest BCUT2D eigenvalue weighted by atomic mass is 32.2. The van der Waals surface area contributed by atoms with Gasteiger partial charge in [0.05, 0.1) is 48.5 Å². The van der Waals surface area contributed by atoms with E-state index in [1.807, 2.05) is 153 Å². The van der Waals surface area contributed by atoms with Gasteiger partial charge in [-0.2, -0.15) is 15.3 Å². The van der Waals surface area contributed by atoms with Gasteiger partial charge in [0.15, 0.2) is 0 Å². The Morgan fingerprint density at radius 2 is 0.942 bits per heavy atom. The Hall–Kier alpha value is -7.79. The summed E-state index contributed by atoms with van der Waals surface area (Å²) in [5, 5.41) is 27.7. The molecular formula is C53H54N12O2S2. The summed E-state index contributed by atoms with van der Waals surface area (Å²) in [6, 6.07) is 53.4. The van der Waals surface area contributed by atoms with Crippen molar-refractivity contribution in [2.24, 2.45) is 5.73 Å². The molecule has 14 nitrogen and oxygen atoms in total. The van der Waals surface area contributed by atoms with Gasteiger partial charge in [-0.3, -0.25) is 0 Å². The Balaban J connectivity index is 0.000000161. The van der Waals surface area contributed by atoms with Crippen molar-refractivity contribution in [2.45, 2.75) is 45.6 Å². The predicted molar refractivity (Wildman–Crippen MR) is 277 cm³/mol. The van der Waals surface area contributed by atoms with Crippen LogP contribution in [-0.2, 0) is 29.7 Å². The van der Waals surface area contributed by atoms with Gasteiger partial charge >= 0.3 is 0 Å². The zero-order chi connectivity index (χ0) is 48.9. The minimum atomic E-state index is -3.56. The van der Waals surface area contributed by atoms with Gasteiger partial charge in [-0.15, -0.1) is 15.3 Å². The molecule has 6 aromatic carbocycles. The monoisotopic (exact) mass is 954 g/mol. The molecule has 0 aliphatic rings. The fraction of sp³-hybridized carbons (Fsp3) is 0.151. The Morgan fingerprint density at radius 1 is 0.522 bits per heavy atom. The molecule has 9 rings (SSSR count). The van der Waals surface area contributed by atoms with E-state index in [0.29, 0.717) is 29.9 Å². The standard InChI is InChI=1S/C18H18N4O2S.C17H16N4.C11H11N3S.C7H9N/c1-14-8-6-7-11-16(14)17-12-19-21-18(20-17)22(25(2,23)24)13-15-9-4-3-5-10-15;1-13-7-5-6-10-15(13)16-12-19-21-17(20-16)18-11-14-8-3-2-4-9-14;1-8-5-3-4-6-9(8)10-7-12-14-11(13-10)15-2;8-6-7-4-2-1-3-5-7/h3-12H,13H2,1-2H3;2-10,12H,11H2,1H3,(H,18,20,21);3-7H,1-2H3;1-5H,6,8H2. The average molecular weight is 955 g/mol. The number of aryl methyl sites for hydroxylation is 3. The van der Waals surface area contributed by atoms with E-state index in [-0.39, 0.29) is 12.5 Å². The summed E-state index contributed by atoms with van der Waals surface area (Å²) < 4.78 is 25.7. The van der Waals surface area contributed by atoms with Crippen molar-refractivity contribution in [3.8, 4) is 33.8 Å². The molecule has 0 atom stereocenters. The van der Waals surface area contributed by atoms with E-state index >= 15 is 0 Å². The molecule has 0 saturated carbocycles. The van der Waals surface area contributed by atoms with Crippen molar-refractivity contribution < 1.29 is 8.42 Å². The number of hydrogen-bond donors (Lipinski definition) is 2. The first-order valence-electron chi connectivity index (χ1n) is 21.9. The average Bonchev–Trinajstić information content (AvgIpc) is 3.39. The molecule has 3 N–H and O–H groups in total. The summed E-state index contributed by atoms with van der Waals surface area (Å²) in [6.45, 7) is 7.57. The highest BCUT2D eigenvalue weighted by Crippen LogP contribution is 2.25. The molecular weight excluding hydrogens is 901 g/mol. The number of anilines is 2. The minimum absolute atomic E-state index is 0.0621. The van der Waals surface area contributed by atoms with Crippen LogP contribution < -0.4 is 15.4 Å². The SMILES string of the molecule is CSc1nncc(-c2ccccc2C)n1.Cc1ccccc1-c1cnnc(N(Cc2ccccc2)S(C)(=O)=O)n1.Cc1ccccc1-c1cnnc(NCc2ccccc2)n1.NCc1ccccc1. The van der Waals surface area contributed by atoms with Crippen molar-refractivity contribution >= 4 is 33.7 Å². The fourth-order valence-corrected chi connectivity index (χ4v) is 7.67. The largest absolute Gasteiger partial charge is 0.349 e. The number of nitrogens with zero attached hydrogens (tertiary/aromatic N) is 10. The Labute approximate surface area is 408 Å². The maximum atomic E-state index is 12.3. The highest BCUT2D eigenvalue weighted by Gasteiger charge is 2.22. The number of nitrogens with two attached hydrogens (primary N) is 1. The van der Waals surface area contributed by atoms with Crippen molar-refractivity contribution in [2.75, 3.05) is 22.1 Å². The van der Waals surface area contributed by atoms with Gasteiger partial charge < -0.3 is 11.1 Å². The van der Waals surface area contributed by atoms with Gasteiger partial charge in [-0.05, 0) is 60.4 Å². The van der Waals surface area contributed by atoms with Crippen LogP contribution in [0.4, 0.5) is 11.9 Å². The molecule has 0 fully saturated rings. The van der Waals surface area contributed by atoms with Gasteiger partial charge in [0, 0.05) is 29.8 Å². The minimum Gasteiger partial charge on any atom is -0.349 e. The summed E-state index contributed by atoms with van der Waals surface area (Å²) >= 11 is 1.50. The zero-order valence-electron chi connectivity index (χ0n) is 39.1. The molecule has 0 aliphatic heterocycles. The van der Waals surface area contributed by atoms with E-state index < -0.39 is 10.0 Å². The normalized spacial score (nSPS) is 10.5. The predicted octanol–water partition coefficient (Wildman–Crippen LogP) is 9.99. The van der Waals surface area contributed by atoms with Gasteiger partial charge in [-0.1, -0.05) is 176 Å². The van der Waals surface area contributed by atoms with E-state index in [1.54, 1.807) is 12.4 Å². The number of thioether (sulfide) groups is 1. The van der Waals surface area contributed by atoms with Crippen LogP contribution in [0.3, 0.4) is 0 Å². The molecule has 3 aromatic heterocycles. The number of benzene rings is 6. The second-order valence-corrected chi connectivity index (χ2v) is 18.0. The third kappa shape index (κ3) is 15.6. The summed E-state index contributed by atoms with van der Waals surface area (Å²) in [5.74, 6) is 0.603. The van der Waals surface area contributed by atoms with Gasteiger partial charge in [-0.25, -0.2) is 27.7 Å². The van der Waals surface area contributed by atoms with E-state index in [0.717, 1.165) is 49.8 Å². The van der Waals surface area contributed by atoms with Crippen LogP contribution in [0.2, 0.25) is 0 Å². The number of nitrogens with one attached hydrogen (secondary N) is 1. The van der Waals surface area contributed by atoms with Crippen molar-refractivity contribution in [1.82, 2.24) is 45.5 Å². The summed E-state index contributed by atoms with van der Waals surface area (Å²) in [6.07, 6.45) is 8.01. The second kappa shape index (κ2) is 25.9. The van der Waals surface area contributed by atoms with Crippen LogP contribution in [0.1, 0.15) is 33.4 Å². The van der Waals surface area contributed by atoms with Crippen LogP contribution >= 0.6 is 11.8 Å². The number of rotatable bonds is 12. The lowest BCUT2D eigenvalue weighted by molar-refractivity contribution is 0.594. The van der Waals surface area contributed by atoms with Crippen molar-refractivity contribution in [1.29, 1.82) is 0 Å². The lowest BCUT2D eigenvalue weighted by atomic mass is 10.1. The van der Waals surface area contributed by atoms with Crippen LogP contribution in [0.15, 0.2) is 188 Å². The van der Waals surface area contributed by atoms with Crippen LogP contribution in [-0.4, -0.2) is 66.5 Å². The van der Waals surface area contributed by atoms with Crippen LogP contribution in [0.25, 0.3) is 33.8 Å². The molecule has 9 aromatic rings. The smallest absolute Gasteiger partial charge is 0.259 e. The second-order valence-electron chi connectivity index (χ2n) is 15.4. The number of sulfonamides is 1. The maximum Gasteiger partial charge on any atom is 0.259 e. The Kier molecular flexibility index (Phi) is 19.0. The molecule has 0 spiro atoms. The van der Waals surface area contributed by atoms with Gasteiger partial charge in [0.1, 0.15) is 0 Å². The molecule has 0 amide bonds. The maximum absolute atomic E-state index is 12.3. The van der Waals surface area contributed by atoms with E-state index in [4.69, 9.17) is 5.73 Å². The first-order chi connectivity index (χ1) is 33.5. The first-order valence-corrected chi connectivity index (χ1v) is 24.9. The third-order valence-electron chi connectivity index (χ3n) is 10.3. The molecule has 3 heterocycles. The topological polar surface area (TPSA) is 191 Å². The Morgan fingerprint density at radius 3 is 1.41 bits per heavy atom. The molecule has 69 heavy (non-hydrogen) atoms. The lowest BCUT2D eigenvalue weighted by Gasteiger charge is -2.20. The quantitative estimate of drug-likeness (QED) is 0.110. The van der Waals surface area contributed by atoms with E-state index in [2.05, 4.69) is 89.0 Å². The molecule has 0 bridgehead atoms. The third-order valence-corrected chi connectivity index (χ3v) is 11.9. The zero-order valence-corrected chi connectivity index (χ0v) is 40.8. The number of aromatic nitrogens is 9. The van der Waals surface area contributed by atoms with Crippen LogP contribution in [0, 0.1) is 20.8 Å². The molecule has 16 heteroatoms. The van der Waals surface area contributed by atoms with Gasteiger partial charge in [0.25, 0.3) is 5.95 Å². The van der Waals surface area contributed by atoms with E-state index in [1.165, 1.54) is 40.2 Å². The van der Waals surface area contributed by atoms with Crippen LogP contribution in [0.5, 0.6) is 0 Å². The molecule has 350 valence electrons. The lowest BCUT2D eigenvalue weighted by Crippen LogP contribution is -2.31. The van der Waals surface area contributed by atoms with Gasteiger partial charge in [0.2, 0.25) is 21.1 Å². The molecule has 0 radical (unpaired) electrons. The Bertz CT molecular complexity index is 3100. The van der Waals surface area contributed by atoms with Crippen molar-refractivity contribution in [3.05, 3.63) is 216 Å². The first kappa shape index (κ1) is 50.6. The van der Waals surface area contributed by atoms with E-state index in [9.17, 15) is 8.42 Å². The summed E-state index contributed by atoms with van der Waals surface area (Å²) in [4.78, 5) is 13.4. The molecule has 0 saturated heterocycles. The summed E-state index contributed by atoms with van der Waals surface area (Å²) in [5.41, 5.74) is 17.4. The van der Waals surface area contributed by atoms with Crippen molar-refractivity contribution in [3.63, 3.8) is 0 Å². The molecule has 0 unspecified atom stereocenters. The molecule has 0 aliphatic carbocycles. The fourth-order valence-electron chi connectivity index (χ4n) is 6.60. The number of hydrogen-bond acceptors (Lipinski definition) is 14. The summed E-state index contributed by atoms with van der Waals surface area (Å²) in [7, 11) is -3.56. The highest BCUT2D eigenvalue weighted by molar-refractivity contribution is 7.98.